The van der Waals surface area contributed by atoms with Crippen molar-refractivity contribution in [3.05, 3.63) is 35.9 Å². The van der Waals surface area contributed by atoms with Crippen LogP contribution in [-0.4, -0.2) is 22.9 Å². The number of urea groups is 1. The van der Waals surface area contributed by atoms with E-state index in [-0.39, 0.29) is 11.8 Å². The molecule has 1 aromatic rings. The first kappa shape index (κ1) is 14.6. The second-order valence-electron chi connectivity index (χ2n) is 5.99. The third-order valence-electron chi connectivity index (χ3n) is 4.56. The topological polar surface area (TPSA) is 78.5 Å². The summed E-state index contributed by atoms with van der Waals surface area (Å²) in [5.41, 5.74) is 2.07. The number of carbonyl (C=O) groups is 3. The van der Waals surface area contributed by atoms with Crippen LogP contribution in [-0.2, 0) is 15.1 Å². The van der Waals surface area contributed by atoms with Crippen LogP contribution < -0.4 is 10.7 Å². The van der Waals surface area contributed by atoms with E-state index in [0.29, 0.717) is 17.9 Å². The van der Waals surface area contributed by atoms with Crippen molar-refractivity contribution < 1.29 is 14.4 Å². The second kappa shape index (κ2) is 5.12. The average Bonchev–Trinajstić information content (AvgIpc) is 3.21. The van der Waals surface area contributed by atoms with Gasteiger partial charge in [0.1, 0.15) is 5.54 Å². The summed E-state index contributed by atoms with van der Waals surface area (Å²) in [7, 11) is 0. The van der Waals surface area contributed by atoms with E-state index in [0.717, 1.165) is 11.4 Å². The summed E-state index contributed by atoms with van der Waals surface area (Å²) >= 11 is 0. The Labute approximate surface area is 128 Å². The largest absolute Gasteiger partial charge is 0.344 e. The summed E-state index contributed by atoms with van der Waals surface area (Å²) < 4.78 is 0. The van der Waals surface area contributed by atoms with Crippen molar-refractivity contribution in [2.45, 2.75) is 32.2 Å². The number of rotatable bonds is 4. The van der Waals surface area contributed by atoms with Gasteiger partial charge in [0, 0.05) is 5.92 Å². The lowest BCUT2D eigenvalue weighted by Crippen LogP contribution is -2.49. The number of imide groups is 1. The molecule has 0 bridgehead atoms. The van der Waals surface area contributed by atoms with Gasteiger partial charge in [-0.25, -0.2) is 4.79 Å². The number of carbonyl (C=O) groups excluding carboxylic acids is 3. The lowest BCUT2D eigenvalue weighted by Gasteiger charge is -2.25. The highest BCUT2D eigenvalue weighted by molar-refractivity contribution is 6.08. The minimum absolute atomic E-state index is 0.103. The molecular weight excluding hydrogens is 282 g/mol. The number of nitrogens with zero attached hydrogens (tertiary/aromatic N) is 1. The standard InChI is InChI=1S/C16H19N3O3/c1-3-16(11-7-5-4-6-8-11)14(21)19(15(22)17-16)18-13(20)12-9-10(12)2/h4-8,10,12H,3,9H2,1-2H3,(H,17,22)(H,18,20)/t10-,12-,16+/m0/s1. The number of amides is 4. The lowest BCUT2D eigenvalue weighted by atomic mass is 9.87. The van der Waals surface area contributed by atoms with Gasteiger partial charge in [-0.05, 0) is 24.3 Å². The van der Waals surface area contributed by atoms with E-state index in [9.17, 15) is 14.4 Å². The fraction of sp³-hybridized carbons (Fsp3) is 0.438. The van der Waals surface area contributed by atoms with Crippen LogP contribution in [0.2, 0.25) is 0 Å². The smallest absolute Gasteiger partial charge is 0.318 e. The van der Waals surface area contributed by atoms with E-state index in [1.807, 2.05) is 32.0 Å². The number of benzene rings is 1. The van der Waals surface area contributed by atoms with Crippen LogP contribution in [0.3, 0.4) is 0 Å². The molecule has 2 N–H and O–H groups in total. The molecule has 6 nitrogen and oxygen atoms in total. The first-order valence-electron chi connectivity index (χ1n) is 7.52. The predicted octanol–water partition coefficient (Wildman–Crippen LogP) is 1.53. The monoisotopic (exact) mass is 301 g/mol. The summed E-state index contributed by atoms with van der Waals surface area (Å²) in [6.45, 7) is 3.80. The van der Waals surface area contributed by atoms with Gasteiger partial charge in [-0.2, -0.15) is 5.01 Å². The molecule has 1 aromatic carbocycles. The van der Waals surface area contributed by atoms with E-state index in [4.69, 9.17) is 0 Å². The summed E-state index contributed by atoms with van der Waals surface area (Å²) in [5, 5.41) is 3.56. The Morgan fingerprint density at radius 3 is 2.55 bits per heavy atom. The molecule has 1 heterocycles. The van der Waals surface area contributed by atoms with Crippen LogP contribution >= 0.6 is 0 Å². The Morgan fingerprint density at radius 1 is 1.36 bits per heavy atom. The van der Waals surface area contributed by atoms with Gasteiger partial charge in [-0.3, -0.25) is 15.0 Å². The van der Waals surface area contributed by atoms with Crippen LogP contribution in [0, 0.1) is 11.8 Å². The summed E-state index contributed by atoms with van der Waals surface area (Å²) in [4.78, 5) is 36.9. The Kier molecular flexibility index (Phi) is 3.39. The van der Waals surface area contributed by atoms with Gasteiger partial charge in [0.05, 0.1) is 0 Å². The van der Waals surface area contributed by atoms with Crippen LogP contribution in [0.1, 0.15) is 32.3 Å². The van der Waals surface area contributed by atoms with Gasteiger partial charge in [-0.1, -0.05) is 44.2 Å². The number of hydrazine groups is 1. The zero-order chi connectivity index (χ0) is 15.9. The normalized spacial score (nSPS) is 30.2. The van der Waals surface area contributed by atoms with Crippen molar-refractivity contribution in [1.82, 2.24) is 15.8 Å². The van der Waals surface area contributed by atoms with Crippen molar-refractivity contribution in [2.24, 2.45) is 11.8 Å². The molecule has 3 rings (SSSR count). The van der Waals surface area contributed by atoms with Gasteiger partial charge < -0.3 is 5.32 Å². The van der Waals surface area contributed by atoms with Gasteiger partial charge in [-0.15, -0.1) is 0 Å². The molecule has 0 aromatic heterocycles. The number of hydrogen-bond acceptors (Lipinski definition) is 3. The van der Waals surface area contributed by atoms with Crippen LogP contribution in [0.5, 0.6) is 0 Å². The molecule has 4 amide bonds. The lowest BCUT2D eigenvalue weighted by molar-refractivity contribution is -0.140. The Bertz CT molecular complexity index is 631. The van der Waals surface area contributed by atoms with Crippen LogP contribution in [0.4, 0.5) is 4.79 Å². The highest BCUT2D eigenvalue weighted by Gasteiger charge is 2.53. The second-order valence-corrected chi connectivity index (χ2v) is 5.99. The van der Waals surface area contributed by atoms with Gasteiger partial charge in [0.25, 0.3) is 5.91 Å². The Morgan fingerprint density at radius 2 is 2.00 bits per heavy atom. The van der Waals surface area contributed by atoms with Crippen LogP contribution in [0.25, 0.3) is 0 Å². The van der Waals surface area contributed by atoms with Gasteiger partial charge >= 0.3 is 6.03 Å². The maximum atomic E-state index is 12.8. The van der Waals surface area contributed by atoms with Crippen molar-refractivity contribution in [3.8, 4) is 0 Å². The van der Waals surface area contributed by atoms with Crippen molar-refractivity contribution in [1.29, 1.82) is 0 Å². The summed E-state index contributed by atoms with van der Waals surface area (Å²) in [6, 6.07) is 8.50. The van der Waals surface area contributed by atoms with E-state index < -0.39 is 17.5 Å². The van der Waals surface area contributed by atoms with E-state index in [1.165, 1.54) is 0 Å². The molecule has 1 saturated carbocycles. The SMILES string of the molecule is CC[C@]1(c2ccccc2)NC(=O)N(NC(=O)[C@H]2C[C@@H]2C)C1=O. The van der Waals surface area contributed by atoms with E-state index >= 15 is 0 Å². The summed E-state index contributed by atoms with van der Waals surface area (Å²) in [5.74, 6) is -0.497. The minimum atomic E-state index is -1.11. The molecule has 2 fully saturated rings. The minimum Gasteiger partial charge on any atom is -0.318 e. The molecule has 0 spiro atoms. The quantitative estimate of drug-likeness (QED) is 0.828. The fourth-order valence-corrected chi connectivity index (χ4v) is 2.92. The van der Waals surface area contributed by atoms with E-state index in [2.05, 4.69) is 10.7 Å². The molecule has 0 radical (unpaired) electrons. The molecule has 6 heteroatoms. The molecule has 116 valence electrons. The van der Waals surface area contributed by atoms with Crippen molar-refractivity contribution >= 4 is 17.8 Å². The van der Waals surface area contributed by atoms with Crippen molar-refractivity contribution in [2.75, 3.05) is 0 Å². The zero-order valence-electron chi connectivity index (χ0n) is 12.6. The van der Waals surface area contributed by atoms with Gasteiger partial charge in [0.15, 0.2) is 0 Å². The highest BCUT2D eigenvalue weighted by Crippen LogP contribution is 2.38. The Balaban J connectivity index is 1.85. The molecule has 1 aliphatic heterocycles. The zero-order valence-corrected chi connectivity index (χ0v) is 12.6. The first-order chi connectivity index (χ1) is 10.5. The maximum absolute atomic E-state index is 12.8. The Hall–Kier alpha value is -2.37. The molecule has 1 saturated heterocycles. The maximum Gasteiger partial charge on any atom is 0.344 e. The fourth-order valence-electron chi connectivity index (χ4n) is 2.92. The third kappa shape index (κ3) is 2.15. The predicted molar refractivity (Wildman–Crippen MR) is 79.2 cm³/mol. The molecular formula is C16H19N3O3. The molecule has 22 heavy (non-hydrogen) atoms. The number of hydrogen-bond donors (Lipinski definition) is 2. The van der Waals surface area contributed by atoms with Crippen LogP contribution in [0.15, 0.2) is 30.3 Å². The highest BCUT2D eigenvalue weighted by atomic mass is 16.2. The molecule has 0 unspecified atom stereocenters. The number of nitrogens with one attached hydrogen (secondary N) is 2. The summed E-state index contributed by atoms with van der Waals surface area (Å²) in [6.07, 6.45) is 1.21. The molecule has 2 aliphatic rings. The first-order valence-corrected chi connectivity index (χ1v) is 7.52. The van der Waals surface area contributed by atoms with E-state index in [1.54, 1.807) is 12.1 Å². The van der Waals surface area contributed by atoms with Gasteiger partial charge in [0.2, 0.25) is 5.91 Å². The van der Waals surface area contributed by atoms with Crippen molar-refractivity contribution in [3.63, 3.8) is 0 Å². The third-order valence-corrected chi connectivity index (χ3v) is 4.56. The average molecular weight is 301 g/mol. The molecule has 3 atom stereocenters. The molecule has 1 aliphatic carbocycles.